The SMILES string of the molecule is CCN(CC(Cl)=CCl)C1COCC1C(=O)O. The monoisotopic (exact) mass is 267 g/mol. The van der Waals surface area contributed by atoms with Gasteiger partial charge in [0.1, 0.15) is 0 Å². The summed E-state index contributed by atoms with van der Waals surface area (Å²) in [7, 11) is 0. The highest BCUT2D eigenvalue weighted by atomic mass is 35.5. The number of nitrogens with zero attached hydrogens (tertiary/aromatic N) is 1. The molecule has 1 heterocycles. The van der Waals surface area contributed by atoms with Gasteiger partial charge < -0.3 is 9.84 Å². The standard InChI is InChI=1S/C10H15Cl2NO3/c1-2-13(4-7(12)3-11)9-6-16-5-8(9)10(14)15/h3,8-9H,2,4-6H2,1H3,(H,14,15). The molecule has 1 saturated heterocycles. The fourth-order valence-corrected chi connectivity index (χ4v) is 2.05. The molecule has 1 N–H and O–H groups in total. The van der Waals surface area contributed by atoms with Gasteiger partial charge >= 0.3 is 5.97 Å². The molecule has 1 fully saturated rings. The second-order valence-electron chi connectivity index (χ2n) is 3.67. The minimum absolute atomic E-state index is 0.132. The number of carbonyl (C=O) groups is 1. The molecule has 1 aliphatic rings. The van der Waals surface area contributed by atoms with Crippen LogP contribution in [0.2, 0.25) is 0 Å². The van der Waals surface area contributed by atoms with Crippen LogP contribution in [-0.2, 0) is 9.53 Å². The number of aliphatic carboxylic acids is 1. The molecule has 1 aliphatic heterocycles. The van der Waals surface area contributed by atoms with Gasteiger partial charge in [0.25, 0.3) is 0 Å². The molecular formula is C10H15Cl2NO3. The first-order valence-corrected chi connectivity index (χ1v) is 5.91. The molecule has 2 atom stereocenters. The zero-order valence-electron chi connectivity index (χ0n) is 9.03. The van der Waals surface area contributed by atoms with E-state index in [9.17, 15) is 4.79 Å². The number of halogens is 2. The first kappa shape index (κ1) is 13.8. The third kappa shape index (κ3) is 3.35. The maximum Gasteiger partial charge on any atom is 0.310 e. The minimum Gasteiger partial charge on any atom is -0.481 e. The zero-order chi connectivity index (χ0) is 12.1. The van der Waals surface area contributed by atoms with E-state index in [1.54, 1.807) is 0 Å². The van der Waals surface area contributed by atoms with E-state index in [0.29, 0.717) is 24.7 Å². The largest absolute Gasteiger partial charge is 0.481 e. The molecule has 16 heavy (non-hydrogen) atoms. The summed E-state index contributed by atoms with van der Waals surface area (Å²) in [6, 6.07) is -0.132. The van der Waals surface area contributed by atoms with E-state index in [2.05, 4.69) is 0 Å². The van der Waals surface area contributed by atoms with Crippen LogP contribution in [0.5, 0.6) is 0 Å². The van der Waals surface area contributed by atoms with Crippen molar-refractivity contribution in [1.29, 1.82) is 0 Å². The molecule has 0 saturated carbocycles. The number of likely N-dealkylation sites (N-methyl/N-ethyl adjacent to an activating group) is 1. The van der Waals surface area contributed by atoms with Crippen LogP contribution in [0.25, 0.3) is 0 Å². The maximum atomic E-state index is 11.0. The van der Waals surface area contributed by atoms with Gasteiger partial charge in [0.2, 0.25) is 0 Å². The van der Waals surface area contributed by atoms with Crippen LogP contribution in [-0.4, -0.2) is 48.3 Å². The molecular weight excluding hydrogens is 253 g/mol. The Hall–Kier alpha value is -0.290. The van der Waals surface area contributed by atoms with Gasteiger partial charge in [-0.1, -0.05) is 30.1 Å². The molecule has 0 aromatic rings. The van der Waals surface area contributed by atoms with Crippen LogP contribution in [0.3, 0.4) is 0 Å². The lowest BCUT2D eigenvalue weighted by Crippen LogP contribution is -2.43. The Bertz CT molecular complexity index is 283. The van der Waals surface area contributed by atoms with Gasteiger partial charge in [0.15, 0.2) is 0 Å². The van der Waals surface area contributed by atoms with Crippen LogP contribution >= 0.6 is 23.2 Å². The Kier molecular flexibility index (Phi) is 5.55. The minimum atomic E-state index is -0.827. The molecule has 1 rings (SSSR count). The lowest BCUT2D eigenvalue weighted by Gasteiger charge is -2.28. The summed E-state index contributed by atoms with van der Waals surface area (Å²) in [4.78, 5) is 13.0. The average molecular weight is 268 g/mol. The second-order valence-corrected chi connectivity index (χ2v) is 4.37. The van der Waals surface area contributed by atoms with Crippen molar-refractivity contribution in [3.63, 3.8) is 0 Å². The van der Waals surface area contributed by atoms with Crippen molar-refractivity contribution in [3.05, 3.63) is 10.6 Å². The van der Waals surface area contributed by atoms with Gasteiger partial charge in [-0.25, -0.2) is 0 Å². The lowest BCUT2D eigenvalue weighted by atomic mass is 10.0. The van der Waals surface area contributed by atoms with E-state index in [1.165, 1.54) is 5.54 Å². The van der Waals surface area contributed by atoms with Crippen LogP contribution in [0, 0.1) is 5.92 Å². The fourth-order valence-electron chi connectivity index (χ4n) is 1.83. The highest BCUT2D eigenvalue weighted by molar-refractivity contribution is 6.36. The van der Waals surface area contributed by atoms with Gasteiger partial charge in [-0.3, -0.25) is 9.69 Å². The van der Waals surface area contributed by atoms with Crippen LogP contribution in [0.15, 0.2) is 10.6 Å². The predicted octanol–water partition coefficient (Wildman–Crippen LogP) is 1.73. The molecule has 0 amide bonds. The Labute approximate surface area is 105 Å². The predicted molar refractivity (Wildman–Crippen MR) is 62.8 cm³/mol. The molecule has 92 valence electrons. The summed E-state index contributed by atoms with van der Waals surface area (Å²) in [5, 5.41) is 9.54. The third-order valence-electron chi connectivity index (χ3n) is 2.72. The molecule has 0 bridgehead atoms. The number of carboxylic acids is 1. The van der Waals surface area contributed by atoms with E-state index in [0.717, 1.165) is 0 Å². The van der Waals surface area contributed by atoms with Gasteiger partial charge in [0, 0.05) is 23.2 Å². The van der Waals surface area contributed by atoms with Crippen LogP contribution < -0.4 is 0 Å². The zero-order valence-corrected chi connectivity index (χ0v) is 10.5. The number of hydrogen-bond acceptors (Lipinski definition) is 3. The van der Waals surface area contributed by atoms with Crippen molar-refractivity contribution >= 4 is 29.2 Å². The van der Waals surface area contributed by atoms with Gasteiger partial charge in [-0.05, 0) is 6.54 Å². The van der Waals surface area contributed by atoms with Crippen molar-refractivity contribution in [1.82, 2.24) is 4.90 Å². The van der Waals surface area contributed by atoms with Crippen molar-refractivity contribution < 1.29 is 14.6 Å². The molecule has 6 heteroatoms. The summed E-state index contributed by atoms with van der Waals surface area (Å²) in [5.41, 5.74) is 1.30. The number of ether oxygens (including phenoxy) is 1. The molecule has 0 aromatic carbocycles. The topological polar surface area (TPSA) is 49.8 Å². The first-order chi connectivity index (χ1) is 7.60. The smallest absolute Gasteiger partial charge is 0.310 e. The molecule has 4 nitrogen and oxygen atoms in total. The maximum absolute atomic E-state index is 11.0. The van der Waals surface area contributed by atoms with E-state index >= 15 is 0 Å². The van der Waals surface area contributed by atoms with Crippen molar-refractivity contribution in [2.24, 2.45) is 5.92 Å². The Morgan fingerprint density at radius 2 is 2.31 bits per heavy atom. The van der Waals surface area contributed by atoms with Gasteiger partial charge in [-0.15, -0.1) is 0 Å². The Morgan fingerprint density at radius 3 is 2.81 bits per heavy atom. The second kappa shape index (κ2) is 6.45. The highest BCUT2D eigenvalue weighted by Crippen LogP contribution is 2.21. The summed E-state index contributed by atoms with van der Waals surface area (Å²) < 4.78 is 5.21. The number of carboxylic acid groups (broad SMARTS) is 1. The molecule has 0 aromatic heterocycles. The summed E-state index contributed by atoms with van der Waals surface area (Å²) in [6.45, 7) is 3.81. The van der Waals surface area contributed by atoms with E-state index in [1.807, 2.05) is 11.8 Å². The van der Waals surface area contributed by atoms with E-state index < -0.39 is 11.9 Å². The third-order valence-corrected chi connectivity index (χ3v) is 3.32. The fraction of sp³-hybridized carbons (Fsp3) is 0.700. The van der Waals surface area contributed by atoms with Gasteiger partial charge in [-0.2, -0.15) is 0 Å². The molecule has 0 spiro atoms. The quantitative estimate of drug-likeness (QED) is 0.825. The Balaban J connectivity index is 2.68. The summed E-state index contributed by atoms with van der Waals surface area (Å²) >= 11 is 11.3. The van der Waals surface area contributed by atoms with Crippen molar-refractivity contribution in [3.8, 4) is 0 Å². The molecule has 0 aliphatic carbocycles. The van der Waals surface area contributed by atoms with Crippen molar-refractivity contribution in [2.45, 2.75) is 13.0 Å². The number of rotatable bonds is 5. The highest BCUT2D eigenvalue weighted by Gasteiger charge is 2.37. The summed E-state index contributed by atoms with van der Waals surface area (Å²) in [6.07, 6.45) is 0. The van der Waals surface area contributed by atoms with Crippen LogP contribution in [0.4, 0.5) is 0 Å². The number of hydrogen-bond donors (Lipinski definition) is 1. The lowest BCUT2D eigenvalue weighted by molar-refractivity contribution is -0.143. The summed E-state index contributed by atoms with van der Waals surface area (Å²) in [5.74, 6) is -1.31. The van der Waals surface area contributed by atoms with E-state index in [-0.39, 0.29) is 12.6 Å². The average Bonchev–Trinajstić information content (AvgIpc) is 2.74. The van der Waals surface area contributed by atoms with Crippen LogP contribution in [0.1, 0.15) is 6.92 Å². The molecule has 2 unspecified atom stereocenters. The van der Waals surface area contributed by atoms with Gasteiger partial charge in [0.05, 0.1) is 19.1 Å². The molecule has 0 radical (unpaired) electrons. The Morgan fingerprint density at radius 1 is 1.62 bits per heavy atom. The first-order valence-electron chi connectivity index (χ1n) is 5.09. The van der Waals surface area contributed by atoms with Crippen molar-refractivity contribution in [2.75, 3.05) is 26.3 Å². The van der Waals surface area contributed by atoms with E-state index in [4.69, 9.17) is 33.0 Å². The normalized spacial score (nSPS) is 26.4.